The van der Waals surface area contributed by atoms with Crippen LogP contribution in [0.4, 0.5) is 0 Å². The zero-order valence-electron chi connectivity index (χ0n) is 25.7. The Bertz CT molecular complexity index is 507. The van der Waals surface area contributed by atoms with E-state index in [9.17, 15) is 4.79 Å². The number of esters is 1. The minimum absolute atomic E-state index is 0.0259. The molecule has 0 aromatic heterocycles. The van der Waals surface area contributed by atoms with Gasteiger partial charge in [0.15, 0.2) is 0 Å². The van der Waals surface area contributed by atoms with Crippen LogP contribution in [-0.2, 0) is 9.53 Å². The SMILES string of the molecule is CCCCCCCCCCCCCC(=O)OC/C=C(\C)CCCC(C)CCCC(C)CCCC(C)C. The van der Waals surface area contributed by atoms with Crippen LogP contribution in [0.1, 0.15) is 176 Å². The highest BCUT2D eigenvalue weighted by atomic mass is 16.5. The van der Waals surface area contributed by atoms with Crippen LogP contribution in [0.25, 0.3) is 0 Å². The maximum absolute atomic E-state index is 12.0. The minimum atomic E-state index is -0.0259. The Hall–Kier alpha value is -0.790. The Morgan fingerprint density at radius 3 is 1.61 bits per heavy atom. The lowest BCUT2D eigenvalue weighted by atomic mass is 9.91. The van der Waals surface area contributed by atoms with Gasteiger partial charge in [0.1, 0.15) is 6.61 Å². The van der Waals surface area contributed by atoms with Gasteiger partial charge >= 0.3 is 5.97 Å². The van der Waals surface area contributed by atoms with Gasteiger partial charge in [-0.3, -0.25) is 4.79 Å². The summed E-state index contributed by atoms with van der Waals surface area (Å²) < 4.78 is 5.43. The molecule has 0 saturated heterocycles. The average Bonchev–Trinajstić information content (AvgIpc) is 2.82. The summed E-state index contributed by atoms with van der Waals surface area (Å²) in [7, 11) is 0. The summed E-state index contributed by atoms with van der Waals surface area (Å²) in [5.74, 6) is 2.53. The lowest BCUT2D eigenvalue weighted by Crippen LogP contribution is -2.04. The molecule has 0 fully saturated rings. The van der Waals surface area contributed by atoms with Crippen molar-refractivity contribution in [3.8, 4) is 0 Å². The highest BCUT2D eigenvalue weighted by molar-refractivity contribution is 5.69. The van der Waals surface area contributed by atoms with Gasteiger partial charge in [-0.15, -0.1) is 0 Å². The van der Waals surface area contributed by atoms with Crippen molar-refractivity contribution in [2.75, 3.05) is 6.61 Å². The molecule has 0 aliphatic rings. The lowest BCUT2D eigenvalue weighted by Gasteiger charge is -2.15. The first-order valence-corrected chi connectivity index (χ1v) is 16.2. The van der Waals surface area contributed by atoms with E-state index in [-0.39, 0.29) is 5.97 Å². The number of hydrogen-bond acceptors (Lipinski definition) is 2. The number of rotatable bonds is 26. The van der Waals surface area contributed by atoms with Crippen LogP contribution in [-0.4, -0.2) is 12.6 Å². The van der Waals surface area contributed by atoms with Crippen molar-refractivity contribution in [3.05, 3.63) is 11.6 Å². The van der Waals surface area contributed by atoms with E-state index < -0.39 is 0 Å². The van der Waals surface area contributed by atoms with Crippen molar-refractivity contribution < 1.29 is 9.53 Å². The van der Waals surface area contributed by atoms with Crippen molar-refractivity contribution in [2.45, 2.75) is 176 Å². The molecule has 0 rings (SSSR count). The van der Waals surface area contributed by atoms with Gasteiger partial charge in [-0.2, -0.15) is 0 Å². The predicted octanol–water partition coefficient (Wildman–Crippen LogP) is 11.6. The summed E-state index contributed by atoms with van der Waals surface area (Å²) >= 11 is 0. The molecule has 2 unspecified atom stereocenters. The number of carbonyl (C=O) groups is 1. The molecular formula is C34H66O2. The molecule has 0 spiro atoms. The molecule has 0 amide bonds. The molecule has 2 atom stereocenters. The van der Waals surface area contributed by atoms with Crippen molar-refractivity contribution in [1.82, 2.24) is 0 Å². The molecule has 0 heterocycles. The number of hydrogen-bond donors (Lipinski definition) is 0. The fraction of sp³-hybridized carbons (Fsp3) is 0.912. The predicted molar refractivity (Wildman–Crippen MR) is 161 cm³/mol. The van der Waals surface area contributed by atoms with Crippen molar-refractivity contribution in [3.63, 3.8) is 0 Å². The van der Waals surface area contributed by atoms with Crippen molar-refractivity contribution in [2.24, 2.45) is 17.8 Å². The van der Waals surface area contributed by atoms with Gasteiger partial charge in [-0.25, -0.2) is 0 Å². The first kappa shape index (κ1) is 35.2. The maximum Gasteiger partial charge on any atom is 0.306 e. The molecule has 214 valence electrons. The number of ether oxygens (including phenoxy) is 1. The highest BCUT2D eigenvalue weighted by Gasteiger charge is 2.07. The maximum atomic E-state index is 12.0. The van der Waals surface area contributed by atoms with Crippen LogP contribution < -0.4 is 0 Å². The first-order valence-electron chi connectivity index (χ1n) is 16.2. The zero-order chi connectivity index (χ0) is 26.9. The van der Waals surface area contributed by atoms with E-state index in [0.29, 0.717) is 13.0 Å². The van der Waals surface area contributed by atoms with Gasteiger partial charge in [-0.05, 0) is 50.0 Å². The summed E-state index contributed by atoms with van der Waals surface area (Å²) in [5.41, 5.74) is 1.36. The number of carbonyl (C=O) groups excluding carboxylic acids is 1. The Morgan fingerprint density at radius 1 is 0.611 bits per heavy atom. The Labute approximate surface area is 227 Å². The van der Waals surface area contributed by atoms with E-state index in [1.54, 1.807) is 0 Å². The number of unbranched alkanes of at least 4 members (excludes halogenated alkanes) is 10. The standard InChI is InChI=1S/C34H66O2/c1-7-8-9-10-11-12-13-14-15-16-17-27-34(35)36-29-28-33(6)26-20-25-32(5)24-19-23-31(4)22-18-21-30(2)3/h28,30-32H,7-27,29H2,1-6H3/b33-28+. The third kappa shape index (κ3) is 26.3. The average molecular weight is 507 g/mol. The van der Waals surface area contributed by atoms with E-state index in [2.05, 4.69) is 47.6 Å². The second kappa shape index (κ2) is 25.8. The van der Waals surface area contributed by atoms with Crippen LogP contribution >= 0.6 is 0 Å². The first-order chi connectivity index (χ1) is 17.3. The van der Waals surface area contributed by atoms with Crippen LogP contribution in [0.15, 0.2) is 11.6 Å². The van der Waals surface area contributed by atoms with Gasteiger partial charge < -0.3 is 4.74 Å². The molecule has 2 nitrogen and oxygen atoms in total. The molecule has 0 saturated carbocycles. The summed E-state index contributed by atoms with van der Waals surface area (Å²) in [6, 6.07) is 0. The molecule has 0 bridgehead atoms. The van der Waals surface area contributed by atoms with E-state index in [0.717, 1.165) is 37.0 Å². The summed E-state index contributed by atoms with van der Waals surface area (Å²) in [4.78, 5) is 12.0. The molecule has 0 aliphatic heterocycles. The summed E-state index contributed by atoms with van der Waals surface area (Å²) in [5, 5.41) is 0. The molecule has 0 N–H and O–H groups in total. The summed E-state index contributed by atoms with van der Waals surface area (Å²) in [6.07, 6.45) is 29.1. The lowest BCUT2D eigenvalue weighted by molar-refractivity contribution is -0.142. The molecule has 0 aromatic carbocycles. The largest absolute Gasteiger partial charge is 0.461 e. The van der Waals surface area contributed by atoms with Gasteiger partial charge in [0.25, 0.3) is 0 Å². The Balaban J connectivity index is 3.59. The highest BCUT2D eigenvalue weighted by Crippen LogP contribution is 2.22. The monoisotopic (exact) mass is 507 g/mol. The van der Waals surface area contributed by atoms with Gasteiger partial charge in [0.2, 0.25) is 0 Å². The third-order valence-corrected chi connectivity index (χ3v) is 7.80. The van der Waals surface area contributed by atoms with Crippen LogP contribution in [0.2, 0.25) is 0 Å². The summed E-state index contributed by atoms with van der Waals surface area (Å²) in [6.45, 7) is 14.4. The Kier molecular flexibility index (Phi) is 25.3. The minimum Gasteiger partial charge on any atom is -0.461 e. The van der Waals surface area contributed by atoms with Gasteiger partial charge in [0, 0.05) is 6.42 Å². The fourth-order valence-electron chi connectivity index (χ4n) is 5.09. The van der Waals surface area contributed by atoms with Crippen molar-refractivity contribution >= 4 is 5.97 Å². The molecule has 0 aliphatic carbocycles. The molecule has 0 radical (unpaired) electrons. The smallest absolute Gasteiger partial charge is 0.306 e. The van der Waals surface area contributed by atoms with Gasteiger partial charge in [-0.1, -0.05) is 149 Å². The topological polar surface area (TPSA) is 26.3 Å². The van der Waals surface area contributed by atoms with E-state index >= 15 is 0 Å². The van der Waals surface area contributed by atoms with Gasteiger partial charge in [0.05, 0.1) is 0 Å². The van der Waals surface area contributed by atoms with E-state index in [1.807, 2.05) is 0 Å². The molecule has 0 aromatic rings. The fourth-order valence-corrected chi connectivity index (χ4v) is 5.09. The van der Waals surface area contributed by atoms with E-state index in [1.165, 1.54) is 115 Å². The molecular weight excluding hydrogens is 440 g/mol. The third-order valence-electron chi connectivity index (χ3n) is 7.80. The molecule has 2 heteroatoms. The van der Waals surface area contributed by atoms with E-state index in [4.69, 9.17) is 4.74 Å². The van der Waals surface area contributed by atoms with Crippen molar-refractivity contribution in [1.29, 1.82) is 0 Å². The number of allylic oxidation sites excluding steroid dienone is 1. The van der Waals surface area contributed by atoms with Crippen LogP contribution in [0.5, 0.6) is 0 Å². The quantitative estimate of drug-likeness (QED) is 0.0662. The second-order valence-electron chi connectivity index (χ2n) is 12.4. The zero-order valence-corrected chi connectivity index (χ0v) is 25.7. The Morgan fingerprint density at radius 2 is 1.08 bits per heavy atom. The van der Waals surface area contributed by atoms with Crippen LogP contribution in [0.3, 0.4) is 0 Å². The normalized spacial score (nSPS) is 13.8. The molecule has 36 heavy (non-hydrogen) atoms. The van der Waals surface area contributed by atoms with Crippen LogP contribution in [0, 0.1) is 17.8 Å². The second-order valence-corrected chi connectivity index (χ2v) is 12.4.